The van der Waals surface area contributed by atoms with E-state index in [0.29, 0.717) is 44.8 Å². The smallest absolute Gasteiger partial charge is 0.266 e. The highest BCUT2D eigenvalue weighted by atomic mass is 35.5. The Morgan fingerprint density at radius 1 is 1.06 bits per heavy atom. The summed E-state index contributed by atoms with van der Waals surface area (Å²) in [6.07, 6.45) is 0. The van der Waals surface area contributed by atoms with Crippen LogP contribution in [0.2, 0.25) is 5.02 Å². The lowest BCUT2D eigenvalue weighted by Crippen LogP contribution is -2.26. The number of carbonyl (C=O) groups is 1. The molecule has 7 nitrogen and oxygen atoms in total. The zero-order chi connectivity index (χ0) is 22.8. The van der Waals surface area contributed by atoms with E-state index in [-0.39, 0.29) is 24.0 Å². The first-order valence-electron chi connectivity index (χ1n) is 10.1. The van der Waals surface area contributed by atoms with Gasteiger partial charge >= 0.3 is 0 Å². The van der Waals surface area contributed by atoms with Crippen molar-refractivity contribution in [3.8, 4) is 17.2 Å². The molecule has 2 heterocycles. The standard InChI is InChI=1S/C24H18ClN3O4S/c25-16-4-3-5-17(11-16)28-23(30)18-6-1-2-7-19(18)27-24(28)33-13-22(29)26-12-15-8-9-20-21(10-15)32-14-31-20/h1-11H,12-14H2,(H,26,29). The van der Waals surface area contributed by atoms with Crippen LogP contribution in [-0.4, -0.2) is 28.0 Å². The lowest BCUT2D eigenvalue weighted by molar-refractivity contribution is -0.118. The number of amides is 1. The van der Waals surface area contributed by atoms with Gasteiger partial charge in [-0.15, -0.1) is 0 Å². The van der Waals surface area contributed by atoms with Gasteiger partial charge in [0.15, 0.2) is 16.7 Å². The number of hydrogen-bond donors (Lipinski definition) is 1. The molecule has 0 unspecified atom stereocenters. The largest absolute Gasteiger partial charge is 0.454 e. The number of carbonyl (C=O) groups excluding carboxylic acids is 1. The van der Waals surface area contributed by atoms with Crippen LogP contribution in [0.25, 0.3) is 16.6 Å². The predicted octanol–water partition coefficient (Wildman–Crippen LogP) is 4.18. The van der Waals surface area contributed by atoms with E-state index >= 15 is 0 Å². The van der Waals surface area contributed by atoms with Crippen LogP contribution in [0.3, 0.4) is 0 Å². The van der Waals surface area contributed by atoms with Crippen LogP contribution in [0, 0.1) is 0 Å². The number of hydrogen-bond acceptors (Lipinski definition) is 6. The molecule has 1 aliphatic rings. The molecule has 0 aliphatic carbocycles. The Hall–Kier alpha value is -3.49. The molecule has 0 bridgehead atoms. The average Bonchev–Trinajstić information content (AvgIpc) is 3.29. The maximum absolute atomic E-state index is 13.3. The lowest BCUT2D eigenvalue weighted by Gasteiger charge is -2.13. The summed E-state index contributed by atoms with van der Waals surface area (Å²) < 4.78 is 12.2. The number of para-hydroxylation sites is 1. The topological polar surface area (TPSA) is 82.5 Å². The first-order valence-corrected chi connectivity index (χ1v) is 11.5. The third kappa shape index (κ3) is 4.53. The second kappa shape index (κ2) is 9.17. The highest BCUT2D eigenvalue weighted by molar-refractivity contribution is 7.99. The van der Waals surface area contributed by atoms with Crippen LogP contribution >= 0.6 is 23.4 Å². The number of nitrogens with zero attached hydrogens (tertiary/aromatic N) is 2. The van der Waals surface area contributed by atoms with Gasteiger partial charge in [-0.2, -0.15) is 0 Å². The van der Waals surface area contributed by atoms with Gasteiger partial charge < -0.3 is 14.8 Å². The molecule has 3 aromatic carbocycles. The van der Waals surface area contributed by atoms with Crippen molar-refractivity contribution in [3.05, 3.63) is 87.7 Å². The van der Waals surface area contributed by atoms with E-state index in [1.54, 1.807) is 42.5 Å². The number of aromatic nitrogens is 2. The van der Waals surface area contributed by atoms with Crippen molar-refractivity contribution in [3.63, 3.8) is 0 Å². The van der Waals surface area contributed by atoms with E-state index in [2.05, 4.69) is 10.3 Å². The van der Waals surface area contributed by atoms with Crippen molar-refractivity contribution < 1.29 is 14.3 Å². The van der Waals surface area contributed by atoms with Crippen LogP contribution in [0.5, 0.6) is 11.5 Å². The zero-order valence-electron chi connectivity index (χ0n) is 17.3. The molecule has 1 N–H and O–H groups in total. The van der Waals surface area contributed by atoms with E-state index in [1.807, 2.05) is 24.3 Å². The SMILES string of the molecule is O=C(CSc1nc2ccccc2c(=O)n1-c1cccc(Cl)c1)NCc1ccc2c(c1)OCO2. The Bertz CT molecular complexity index is 1420. The molecule has 0 atom stereocenters. The molecule has 0 fully saturated rings. The molecule has 1 amide bonds. The molecule has 9 heteroatoms. The summed E-state index contributed by atoms with van der Waals surface area (Å²) in [5, 5.41) is 4.30. The minimum Gasteiger partial charge on any atom is -0.454 e. The Labute approximate surface area is 198 Å². The van der Waals surface area contributed by atoms with E-state index in [1.165, 1.54) is 16.3 Å². The second-order valence-corrected chi connectivity index (χ2v) is 8.66. The van der Waals surface area contributed by atoms with Crippen molar-refractivity contribution in [2.45, 2.75) is 11.7 Å². The number of fused-ring (bicyclic) bond motifs is 2. The Kier molecular flexibility index (Phi) is 5.93. The van der Waals surface area contributed by atoms with Crippen molar-refractivity contribution in [1.82, 2.24) is 14.9 Å². The normalized spacial score (nSPS) is 12.2. The number of ether oxygens (including phenoxy) is 2. The molecule has 5 rings (SSSR count). The minimum absolute atomic E-state index is 0.0932. The monoisotopic (exact) mass is 479 g/mol. The van der Waals surface area contributed by atoms with Crippen LogP contribution in [0.15, 0.2) is 76.7 Å². The van der Waals surface area contributed by atoms with Crippen LogP contribution < -0.4 is 20.3 Å². The van der Waals surface area contributed by atoms with Crippen LogP contribution in [0.1, 0.15) is 5.56 Å². The summed E-state index contributed by atoms with van der Waals surface area (Å²) in [6.45, 7) is 0.553. The van der Waals surface area contributed by atoms with E-state index in [4.69, 9.17) is 21.1 Å². The van der Waals surface area contributed by atoms with E-state index in [0.717, 1.165) is 5.56 Å². The summed E-state index contributed by atoms with van der Waals surface area (Å²) >= 11 is 7.35. The quantitative estimate of drug-likeness (QED) is 0.330. The van der Waals surface area contributed by atoms with Gasteiger partial charge in [0.25, 0.3) is 5.56 Å². The van der Waals surface area contributed by atoms with Gasteiger partial charge in [-0.25, -0.2) is 4.98 Å². The third-order valence-corrected chi connectivity index (χ3v) is 6.24. The first kappa shape index (κ1) is 21.4. The molecule has 33 heavy (non-hydrogen) atoms. The highest BCUT2D eigenvalue weighted by Gasteiger charge is 2.16. The van der Waals surface area contributed by atoms with Gasteiger partial charge in [0, 0.05) is 11.6 Å². The molecule has 4 aromatic rings. The van der Waals surface area contributed by atoms with Crippen molar-refractivity contribution in [2.24, 2.45) is 0 Å². The number of nitrogens with one attached hydrogen (secondary N) is 1. The zero-order valence-corrected chi connectivity index (χ0v) is 18.9. The van der Waals surface area contributed by atoms with Gasteiger partial charge in [0.1, 0.15) is 0 Å². The number of thioether (sulfide) groups is 1. The molecule has 166 valence electrons. The summed E-state index contributed by atoms with van der Waals surface area (Å²) in [6, 6.07) is 19.7. The first-order chi connectivity index (χ1) is 16.1. The van der Waals surface area contributed by atoms with Crippen LogP contribution in [0.4, 0.5) is 0 Å². The fourth-order valence-corrected chi connectivity index (χ4v) is 4.51. The molecular formula is C24H18ClN3O4S. The molecule has 1 aliphatic heterocycles. The second-order valence-electron chi connectivity index (χ2n) is 7.28. The van der Waals surface area contributed by atoms with Crippen molar-refractivity contribution in [1.29, 1.82) is 0 Å². The average molecular weight is 480 g/mol. The summed E-state index contributed by atoms with van der Waals surface area (Å²) in [4.78, 5) is 30.4. The van der Waals surface area contributed by atoms with Crippen molar-refractivity contribution in [2.75, 3.05) is 12.5 Å². The fourth-order valence-electron chi connectivity index (χ4n) is 3.48. The van der Waals surface area contributed by atoms with Gasteiger partial charge in [-0.1, -0.05) is 47.6 Å². The maximum atomic E-state index is 13.3. The number of halogens is 1. The van der Waals surface area contributed by atoms with Crippen molar-refractivity contribution >= 4 is 40.2 Å². The van der Waals surface area contributed by atoms with Gasteiger partial charge in [-0.3, -0.25) is 14.2 Å². The molecule has 0 saturated heterocycles. The maximum Gasteiger partial charge on any atom is 0.266 e. The molecule has 0 spiro atoms. The third-order valence-electron chi connectivity index (χ3n) is 5.07. The van der Waals surface area contributed by atoms with Gasteiger partial charge in [0.2, 0.25) is 12.7 Å². The van der Waals surface area contributed by atoms with E-state index in [9.17, 15) is 9.59 Å². The molecule has 0 radical (unpaired) electrons. The van der Waals surface area contributed by atoms with Crippen LogP contribution in [-0.2, 0) is 11.3 Å². The summed E-state index contributed by atoms with van der Waals surface area (Å²) in [5.41, 5.74) is 1.85. The fraction of sp³-hybridized carbons (Fsp3) is 0.125. The molecule has 0 saturated carbocycles. The minimum atomic E-state index is -0.217. The number of benzene rings is 3. The molecule has 1 aromatic heterocycles. The molecular weight excluding hydrogens is 462 g/mol. The Morgan fingerprint density at radius 3 is 2.79 bits per heavy atom. The van der Waals surface area contributed by atoms with Gasteiger partial charge in [0.05, 0.1) is 22.3 Å². The Balaban J connectivity index is 1.36. The predicted molar refractivity (Wildman–Crippen MR) is 127 cm³/mol. The number of rotatable bonds is 6. The van der Waals surface area contributed by atoms with Gasteiger partial charge in [-0.05, 0) is 48.0 Å². The summed E-state index contributed by atoms with van der Waals surface area (Å²) in [7, 11) is 0. The highest BCUT2D eigenvalue weighted by Crippen LogP contribution is 2.32. The Morgan fingerprint density at radius 2 is 1.91 bits per heavy atom. The summed E-state index contributed by atoms with van der Waals surface area (Å²) in [5.74, 6) is 1.28. The lowest BCUT2D eigenvalue weighted by atomic mass is 10.2. The van der Waals surface area contributed by atoms with E-state index < -0.39 is 0 Å².